The van der Waals surface area contributed by atoms with Gasteiger partial charge in [0.05, 0.1) is 11.3 Å². The summed E-state index contributed by atoms with van der Waals surface area (Å²) in [5, 5.41) is 2.93. The standard InChI is InChI=1S/C21H24N2O2/c1-15-9-8-11-17(16(15)2)20(24)22-19-12-5-4-10-18(19)21(25)23-13-6-3-7-14-23/h4-5,8-12H,3,6-7,13-14H2,1-2H3,(H,22,24). The number of piperidine rings is 1. The number of benzene rings is 2. The van der Waals surface area contributed by atoms with Gasteiger partial charge in [0.15, 0.2) is 0 Å². The molecule has 1 heterocycles. The molecular formula is C21H24N2O2. The number of hydrogen-bond acceptors (Lipinski definition) is 2. The quantitative estimate of drug-likeness (QED) is 0.914. The van der Waals surface area contributed by atoms with Crippen molar-refractivity contribution in [3.8, 4) is 0 Å². The zero-order valence-electron chi connectivity index (χ0n) is 14.8. The molecule has 1 fully saturated rings. The number of carbonyl (C=O) groups excluding carboxylic acids is 2. The first-order valence-electron chi connectivity index (χ1n) is 8.84. The highest BCUT2D eigenvalue weighted by Crippen LogP contribution is 2.22. The van der Waals surface area contributed by atoms with Crippen LogP contribution in [-0.2, 0) is 0 Å². The summed E-state index contributed by atoms with van der Waals surface area (Å²) in [7, 11) is 0. The molecule has 0 saturated carbocycles. The van der Waals surface area contributed by atoms with Crippen molar-refractivity contribution >= 4 is 17.5 Å². The zero-order valence-corrected chi connectivity index (χ0v) is 14.8. The minimum Gasteiger partial charge on any atom is -0.339 e. The summed E-state index contributed by atoms with van der Waals surface area (Å²) < 4.78 is 0. The summed E-state index contributed by atoms with van der Waals surface area (Å²) in [6.07, 6.45) is 3.26. The molecule has 1 saturated heterocycles. The number of rotatable bonds is 3. The van der Waals surface area contributed by atoms with Gasteiger partial charge in [0.1, 0.15) is 0 Å². The Hall–Kier alpha value is -2.62. The Labute approximate surface area is 148 Å². The smallest absolute Gasteiger partial charge is 0.255 e. The first-order valence-corrected chi connectivity index (χ1v) is 8.84. The molecule has 0 spiro atoms. The highest BCUT2D eigenvalue weighted by molar-refractivity contribution is 6.09. The zero-order chi connectivity index (χ0) is 17.8. The summed E-state index contributed by atoms with van der Waals surface area (Å²) in [4.78, 5) is 27.4. The maximum atomic E-state index is 12.8. The molecule has 2 amide bonds. The van der Waals surface area contributed by atoms with Crippen molar-refractivity contribution in [1.82, 2.24) is 4.90 Å². The Morgan fingerprint density at radius 2 is 1.56 bits per heavy atom. The minimum absolute atomic E-state index is 0.00318. The van der Waals surface area contributed by atoms with E-state index in [4.69, 9.17) is 0 Å². The number of aryl methyl sites for hydroxylation is 1. The molecule has 0 unspecified atom stereocenters. The average molecular weight is 336 g/mol. The molecule has 0 aliphatic carbocycles. The first kappa shape index (κ1) is 17.2. The lowest BCUT2D eigenvalue weighted by atomic mass is 10.0. The first-order chi connectivity index (χ1) is 12.1. The molecule has 2 aromatic carbocycles. The van der Waals surface area contributed by atoms with Crippen molar-refractivity contribution in [3.63, 3.8) is 0 Å². The Bertz CT molecular complexity index is 792. The molecule has 1 N–H and O–H groups in total. The van der Waals surface area contributed by atoms with Gasteiger partial charge in [0.25, 0.3) is 11.8 Å². The van der Waals surface area contributed by atoms with Crippen LogP contribution in [-0.4, -0.2) is 29.8 Å². The fourth-order valence-corrected chi connectivity index (χ4v) is 3.23. The monoisotopic (exact) mass is 336 g/mol. The van der Waals surface area contributed by atoms with Crippen LogP contribution < -0.4 is 5.32 Å². The Kier molecular flexibility index (Phi) is 5.17. The van der Waals surface area contributed by atoms with Crippen LogP contribution in [0.15, 0.2) is 42.5 Å². The van der Waals surface area contributed by atoms with Crippen molar-refractivity contribution < 1.29 is 9.59 Å². The molecule has 1 aliphatic heterocycles. The van der Waals surface area contributed by atoms with Crippen LogP contribution in [0.3, 0.4) is 0 Å². The number of para-hydroxylation sites is 1. The van der Waals surface area contributed by atoms with Crippen molar-refractivity contribution in [3.05, 3.63) is 64.7 Å². The summed E-state index contributed by atoms with van der Waals surface area (Å²) in [5.41, 5.74) is 3.80. The number of hydrogen-bond donors (Lipinski definition) is 1. The second-order valence-corrected chi connectivity index (χ2v) is 6.60. The maximum Gasteiger partial charge on any atom is 0.255 e. The van der Waals surface area contributed by atoms with Crippen molar-refractivity contribution in [2.24, 2.45) is 0 Å². The van der Waals surface area contributed by atoms with Crippen LogP contribution in [0.25, 0.3) is 0 Å². The number of likely N-dealkylation sites (tertiary alicyclic amines) is 1. The van der Waals surface area contributed by atoms with Crippen LogP contribution in [0.5, 0.6) is 0 Å². The van der Waals surface area contributed by atoms with E-state index in [1.165, 1.54) is 6.42 Å². The number of nitrogens with zero attached hydrogens (tertiary/aromatic N) is 1. The molecule has 4 nitrogen and oxygen atoms in total. The van der Waals surface area contributed by atoms with E-state index in [2.05, 4.69) is 5.32 Å². The third-order valence-corrected chi connectivity index (χ3v) is 4.90. The summed E-state index contributed by atoms with van der Waals surface area (Å²) in [6.45, 7) is 5.51. The molecule has 25 heavy (non-hydrogen) atoms. The topological polar surface area (TPSA) is 49.4 Å². The Balaban J connectivity index is 1.84. The predicted molar refractivity (Wildman–Crippen MR) is 100 cm³/mol. The third kappa shape index (κ3) is 3.73. The van der Waals surface area contributed by atoms with E-state index in [-0.39, 0.29) is 11.8 Å². The van der Waals surface area contributed by atoms with Crippen molar-refractivity contribution in [2.75, 3.05) is 18.4 Å². The molecule has 4 heteroatoms. The van der Waals surface area contributed by atoms with Crippen molar-refractivity contribution in [1.29, 1.82) is 0 Å². The van der Waals surface area contributed by atoms with Crippen LogP contribution >= 0.6 is 0 Å². The number of amides is 2. The lowest BCUT2D eigenvalue weighted by Crippen LogP contribution is -2.36. The largest absolute Gasteiger partial charge is 0.339 e. The Morgan fingerprint density at radius 1 is 0.880 bits per heavy atom. The molecule has 0 aromatic heterocycles. The van der Waals surface area contributed by atoms with Crippen LogP contribution in [0.4, 0.5) is 5.69 Å². The maximum absolute atomic E-state index is 12.8. The van der Waals surface area contributed by atoms with Gasteiger partial charge < -0.3 is 10.2 Å². The van der Waals surface area contributed by atoms with Gasteiger partial charge in [-0.25, -0.2) is 0 Å². The molecule has 1 aliphatic rings. The van der Waals surface area contributed by atoms with Gasteiger partial charge in [-0.1, -0.05) is 24.3 Å². The molecular weight excluding hydrogens is 312 g/mol. The highest BCUT2D eigenvalue weighted by Gasteiger charge is 2.21. The van der Waals surface area contributed by atoms with Gasteiger partial charge in [-0.3, -0.25) is 9.59 Å². The molecule has 0 bridgehead atoms. The van der Waals surface area contributed by atoms with Crippen LogP contribution in [0.1, 0.15) is 51.1 Å². The van der Waals surface area contributed by atoms with Gasteiger partial charge in [-0.2, -0.15) is 0 Å². The molecule has 0 atom stereocenters. The minimum atomic E-state index is -0.180. The van der Waals surface area contributed by atoms with Crippen molar-refractivity contribution in [2.45, 2.75) is 33.1 Å². The summed E-state index contributed by atoms with van der Waals surface area (Å²) in [5.74, 6) is -0.184. The second kappa shape index (κ2) is 7.51. The van der Waals surface area contributed by atoms with E-state index >= 15 is 0 Å². The van der Waals surface area contributed by atoms with E-state index in [1.807, 2.05) is 49.1 Å². The number of nitrogens with one attached hydrogen (secondary N) is 1. The summed E-state index contributed by atoms with van der Waals surface area (Å²) in [6, 6.07) is 12.9. The van der Waals surface area contributed by atoms with Gasteiger partial charge in [-0.15, -0.1) is 0 Å². The van der Waals surface area contributed by atoms with E-state index in [9.17, 15) is 9.59 Å². The number of carbonyl (C=O) groups is 2. The molecule has 130 valence electrons. The molecule has 0 radical (unpaired) electrons. The van der Waals surface area contributed by atoms with Gasteiger partial charge >= 0.3 is 0 Å². The van der Waals surface area contributed by atoms with E-state index < -0.39 is 0 Å². The lowest BCUT2D eigenvalue weighted by Gasteiger charge is -2.27. The third-order valence-electron chi connectivity index (χ3n) is 4.90. The SMILES string of the molecule is Cc1cccc(C(=O)Nc2ccccc2C(=O)N2CCCCC2)c1C. The average Bonchev–Trinajstić information content (AvgIpc) is 2.64. The summed E-state index contributed by atoms with van der Waals surface area (Å²) >= 11 is 0. The predicted octanol–water partition coefficient (Wildman–Crippen LogP) is 4.18. The fraction of sp³-hybridized carbons (Fsp3) is 0.333. The van der Waals surface area contributed by atoms with E-state index in [1.54, 1.807) is 12.1 Å². The number of anilines is 1. The van der Waals surface area contributed by atoms with Crippen LogP contribution in [0.2, 0.25) is 0 Å². The van der Waals surface area contributed by atoms with Gasteiger partial charge in [-0.05, 0) is 62.4 Å². The van der Waals surface area contributed by atoms with Gasteiger partial charge in [0.2, 0.25) is 0 Å². The lowest BCUT2D eigenvalue weighted by molar-refractivity contribution is 0.0725. The normalized spacial score (nSPS) is 14.2. The Morgan fingerprint density at radius 3 is 2.32 bits per heavy atom. The van der Waals surface area contributed by atoms with E-state index in [0.717, 1.165) is 37.1 Å². The van der Waals surface area contributed by atoms with Gasteiger partial charge in [0, 0.05) is 18.7 Å². The molecule has 2 aromatic rings. The molecule has 3 rings (SSSR count). The highest BCUT2D eigenvalue weighted by atomic mass is 16.2. The van der Waals surface area contributed by atoms with Crippen LogP contribution in [0, 0.1) is 13.8 Å². The fourth-order valence-electron chi connectivity index (χ4n) is 3.23. The van der Waals surface area contributed by atoms with E-state index in [0.29, 0.717) is 16.8 Å². The second-order valence-electron chi connectivity index (χ2n) is 6.60.